The molecule has 0 spiro atoms. The summed E-state index contributed by atoms with van der Waals surface area (Å²) >= 11 is 0. The Labute approximate surface area is 123 Å². The molecule has 1 atom stereocenters. The second kappa shape index (κ2) is 6.66. The highest BCUT2D eigenvalue weighted by atomic mass is 19.1. The van der Waals surface area contributed by atoms with Gasteiger partial charge >= 0.3 is 0 Å². The number of hydrogen-bond acceptors (Lipinski definition) is 6. The molecule has 1 aromatic rings. The quantitative estimate of drug-likeness (QED) is 0.365. The summed E-state index contributed by atoms with van der Waals surface area (Å²) in [7, 11) is 0. The minimum Gasteiger partial charge on any atom is -0.409 e. The maximum Gasteiger partial charge on any atom is 0.186 e. The van der Waals surface area contributed by atoms with Crippen LogP contribution in [-0.4, -0.2) is 58.1 Å². The van der Waals surface area contributed by atoms with Crippen molar-refractivity contribution < 1.29 is 9.60 Å². The van der Waals surface area contributed by atoms with E-state index in [1.165, 1.54) is 6.33 Å². The molecule has 1 aliphatic rings. The largest absolute Gasteiger partial charge is 0.409 e. The molecule has 8 heteroatoms. The van der Waals surface area contributed by atoms with Crippen molar-refractivity contribution in [1.82, 2.24) is 14.9 Å². The van der Waals surface area contributed by atoms with Gasteiger partial charge in [-0.3, -0.25) is 4.90 Å². The summed E-state index contributed by atoms with van der Waals surface area (Å²) in [4.78, 5) is 11.9. The molecule has 0 bridgehead atoms. The second-order valence-electron chi connectivity index (χ2n) is 5.07. The van der Waals surface area contributed by atoms with E-state index in [1.807, 2.05) is 11.8 Å². The summed E-state index contributed by atoms with van der Waals surface area (Å²) in [6, 6.07) is -0.0888. The van der Waals surface area contributed by atoms with Crippen LogP contribution in [0.4, 0.5) is 10.2 Å². The van der Waals surface area contributed by atoms with Crippen molar-refractivity contribution >= 4 is 11.7 Å². The molecule has 1 aromatic heterocycles. The molecule has 0 radical (unpaired) electrons. The number of oxime groups is 1. The minimum absolute atomic E-state index is 0.0888. The molecule has 21 heavy (non-hydrogen) atoms. The lowest BCUT2D eigenvalue weighted by atomic mass is 10.1. The van der Waals surface area contributed by atoms with E-state index in [2.05, 4.69) is 20.0 Å². The fraction of sp³-hybridized carbons (Fsp3) is 0.615. The highest BCUT2D eigenvalue weighted by molar-refractivity contribution is 5.85. The summed E-state index contributed by atoms with van der Waals surface area (Å²) in [5.41, 5.74) is 6.06. The molecule has 1 unspecified atom stereocenters. The number of aromatic nitrogens is 2. The van der Waals surface area contributed by atoms with Gasteiger partial charge in [0.05, 0.1) is 11.7 Å². The molecule has 0 amide bonds. The van der Waals surface area contributed by atoms with Crippen LogP contribution in [0.5, 0.6) is 0 Å². The third-order valence-corrected chi connectivity index (χ3v) is 3.84. The van der Waals surface area contributed by atoms with Crippen LogP contribution >= 0.6 is 0 Å². The predicted octanol–water partition coefficient (Wildman–Crippen LogP) is 0.571. The van der Waals surface area contributed by atoms with E-state index in [0.29, 0.717) is 37.7 Å². The average Bonchev–Trinajstić information content (AvgIpc) is 2.51. The van der Waals surface area contributed by atoms with Gasteiger partial charge in [-0.1, -0.05) is 12.1 Å². The first-order valence-electron chi connectivity index (χ1n) is 7.02. The first kappa shape index (κ1) is 15.4. The van der Waals surface area contributed by atoms with Crippen molar-refractivity contribution in [2.24, 2.45) is 10.9 Å². The number of nitrogens with two attached hydrogens (primary N) is 1. The molecule has 3 N–H and O–H groups in total. The molecule has 1 aliphatic heterocycles. The SMILES string of the molecule is CCC(C(N)=NO)N1CCN(c2ncnc(C)c2F)CC1. The van der Waals surface area contributed by atoms with Crippen molar-refractivity contribution in [3.8, 4) is 0 Å². The molecule has 0 saturated carbocycles. The van der Waals surface area contributed by atoms with E-state index in [1.54, 1.807) is 6.92 Å². The maximum atomic E-state index is 14.0. The Bertz CT molecular complexity index is 515. The number of rotatable bonds is 4. The summed E-state index contributed by atoms with van der Waals surface area (Å²) in [5, 5.41) is 11.9. The Morgan fingerprint density at radius 3 is 2.67 bits per heavy atom. The van der Waals surface area contributed by atoms with Gasteiger partial charge in [-0.15, -0.1) is 0 Å². The van der Waals surface area contributed by atoms with Crippen LogP contribution in [-0.2, 0) is 0 Å². The van der Waals surface area contributed by atoms with E-state index < -0.39 is 0 Å². The third-order valence-electron chi connectivity index (χ3n) is 3.84. The predicted molar refractivity (Wildman–Crippen MR) is 78.0 cm³/mol. The molecule has 1 fully saturated rings. The van der Waals surface area contributed by atoms with Crippen molar-refractivity contribution in [1.29, 1.82) is 0 Å². The Morgan fingerprint density at radius 2 is 2.10 bits per heavy atom. The normalized spacial score (nSPS) is 18.8. The van der Waals surface area contributed by atoms with Crippen LogP contribution in [0.25, 0.3) is 0 Å². The topological polar surface area (TPSA) is 90.9 Å². The van der Waals surface area contributed by atoms with E-state index in [0.717, 1.165) is 6.42 Å². The van der Waals surface area contributed by atoms with Gasteiger partial charge in [-0.05, 0) is 13.3 Å². The van der Waals surface area contributed by atoms with Crippen LogP contribution in [0.3, 0.4) is 0 Å². The summed E-state index contributed by atoms with van der Waals surface area (Å²) < 4.78 is 14.0. The first-order chi connectivity index (χ1) is 10.1. The van der Waals surface area contributed by atoms with Gasteiger partial charge in [0.2, 0.25) is 0 Å². The lowest BCUT2D eigenvalue weighted by molar-refractivity contribution is 0.215. The van der Waals surface area contributed by atoms with Crippen molar-refractivity contribution in [3.05, 3.63) is 17.8 Å². The van der Waals surface area contributed by atoms with Gasteiger partial charge in [0, 0.05) is 26.2 Å². The van der Waals surface area contributed by atoms with Gasteiger partial charge in [0.25, 0.3) is 0 Å². The Kier molecular flexibility index (Phi) is 4.89. The van der Waals surface area contributed by atoms with Crippen molar-refractivity contribution in [3.63, 3.8) is 0 Å². The first-order valence-corrected chi connectivity index (χ1v) is 7.02. The second-order valence-corrected chi connectivity index (χ2v) is 5.07. The zero-order chi connectivity index (χ0) is 15.4. The van der Waals surface area contributed by atoms with Crippen LogP contribution < -0.4 is 10.6 Å². The van der Waals surface area contributed by atoms with E-state index in [9.17, 15) is 4.39 Å². The molecule has 1 saturated heterocycles. The van der Waals surface area contributed by atoms with Gasteiger partial charge in [-0.25, -0.2) is 14.4 Å². The van der Waals surface area contributed by atoms with Crippen LogP contribution in [0.1, 0.15) is 19.0 Å². The van der Waals surface area contributed by atoms with Gasteiger partial charge in [-0.2, -0.15) is 0 Å². The van der Waals surface area contributed by atoms with Gasteiger partial charge < -0.3 is 15.8 Å². The van der Waals surface area contributed by atoms with Crippen LogP contribution in [0.2, 0.25) is 0 Å². The molecule has 116 valence electrons. The lowest BCUT2D eigenvalue weighted by Gasteiger charge is -2.39. The molecular formula is C13H21FN6O. The van der Waals surface area contributed by atoms with E-state index in [4.69, 9.17) is 10.9 Å². The fourth-order valence-electron chi connectivity index (χ4n) is 2.63. The number of anilines is 1. The van der Waals surface area contributed by atoms with Crippen molar-refractivity contribution in [2.45, 2.75) is 26.3 Å². The smallest absolute Gasteiger partial charge is 0.186 e. The molecule has 7 nitrogen and oxygen atoms in total. The molecule has 2 rings (SSSR count). The Hall–Kier alpha value is -1.96. The molecular weight excluding hydrogens is 275 g/mol. The monoisotopic (exact) mass is 296 g/mol. The Balaban J connectivity index is 2.05. The number of halogens is 1. The van der Waals surface area contributed by atoms with Crippen molar-refractivity contribution in [2.75, 3.05) is 31.1 Å². The maximum absolute atomic E-state index is 14.0. The summed E-state index contributed by atoms with van der Waals surface area (Å²) in [6.07, 6.45) is 2.14. The van der Waals surface area contributed by atoms with Gasteiger partial charge in [0.1, 0.15) is 6.33 Å². The number of nitrogens with zero attached hydrogens (tertiary/aromatic N) is 5. The van der Waals surface area contributed by atoms with E-state index >= 15 is 0 Å². The highest BCUT2D eigenvalue weighted by Crippen LogP contribution is 2.20. The molecule has 0 aliphatic carbocycles. The minimum atomic E-state index is -0.366. The highest BCUT2D eigenvalue weighted by Gasteiger charge is 2.27. The molecule has 0 aromatic carbocycles. The Morgan fingerprint density at radius 1 is 1.43 bits per heavy atom. The van der Waals surface area contributed by atoms with E-state index in [-0.39, 0.29) is 17.7 Å². The van der Waals surface area contributed by atoms with Crippen LogP contribution in [0, 0.1) is 12.7 Å². The lowest BCUT2D eigenvalue weighted by Crippen LogP contribution is -2.54. The number of piperazine rings is 1. The number of aryl methyl sites for hydroxylation is 1. The number of hydrogen-bond donors (Lipinski definition) is 2. The average molecular weight is 296 g/mol. The van der Waals surface area contributed by atoms with Crippen LogP contribution in [0.15, 0.2) is 11.5 Å². The third kappa shape index (κ3) is 3.21. The summed E-state index contributed by atoms with van der Waals surface area (Å²) in [6.45, 7) is 6.31. The zero-order valence-corrected chi connectivity index (χ0v) is 12.3. The number of amidine groups is 1. The standard InChI is InChI=1S/C13H21FN6O/c1-3-10(12(15)18-21)19-4-6-20(7-5-19)13-11(14)9(2)16-8-17-13/h8,10,21H,3-7H2,1-2H3,(H2,15,18). The van der Waals surface area contributed by atoms with Gasteiger partial charge in [0.15, 0.2) is 17.5 Å². The molecule has 2 heterocycles. The summed E-state index contributed by atoms with van der Waals surface area (Å²) in [5.74, 6) is 0.198. The zero-order valence-electron chi connectivity index (χ0n) is 12.3. The fourth-order valence-corrected chi connectivity index (χ4v) is 2.63.